The lowest BCUT2D eigenvalue weighted by Gasteiger charge is -2.21. The molecule has 2 N–H and O–H groups in total. The van der Waals surface area contributed by atoms with Gasteiger partial charge >= 0.3 is 5.97 Å². The first-order valence-corrected chi connectivity index (χ1v) is 6.76. The zero-order chi connectivity index (χ0) is 16.0. The van der Waals surface area contributed by atoms with Crippen LogP contribution in [0.1, 0.15) is 37.6 Å². The second-order valence-electron chi connectivity index (χ2n) is 5.36. The van der Waals surface area contributed by atoms with Crippen LogP contribution in [-0.2, 0) is 9.53 Å². The van der Waals surface area contributed by atoms with Crippen molar-refractivity contribution in [2.75, 3.05) is 19.0 Å². The number of nitrogens with one attached hydrogen (secondary N) is 2. The maximum Gasteiger partial charge on any atom is 0.307 e. The first-order valence-electron chi connectivity index (χ1n) is 6.38. The fourth-order valence-electron chi connectivity index (χ4n) is 1.45. The van der Waals surface area contributed by atoms with E-state index < -0.39 is 0 Å². The third-order valence-electron chi connectivity index (χ3n) is 2.34. The number of rotatable bonds is 5. The Morgan fingerprint density at radius 1 is 1.38 bits per heavy atom. The molecule has 0 saturated carbocycles. The summed E-state index contributed by atoms with van der Waals surface area (Å²) in [4.78, 5) is 31.0. The highest BCUT2D eigenvalue weighted by Crippen LogP contribution is 2.15. The van der Waals surface area contributed by atoms with Gasteiger partial charge in [-0.1, -0.05) is 0 Å². The van der Waals surface area contributed by atoms with E-state index in [2.05, 4.69) is 25.3 Å². The SMILES string of the molecule is COC(=O)CCNc1nc(Cl)ncc1C(=O)NC(C)(C)C. The Morgan fingerprint density at radius 2 is 2.05 bits per heavy atom. The number of hydrogen-bond donors (Lipinski definition) is 2. The number of anilines is 1. The molecule has 0 aromatic carbocycles. The lowest BCUT2D eigenvalue weighted by atomic mass is 10.1. The van der Waals surface area contributed by atoms with Gasteiger partial charge in [-0.05, 0) is 32.4 Å². The number of esters is 1. The van der Waals surface area contributed by atoms with Gasteiger partial charge in [-0.2, -0.15) is 4.98 Å². The van der Waals surface area contributed by atoms with Crippen LogP contribution in [0.2, 0.25) is 5.28 Å². The molecule has 0 saturated heterocycles. The van der Waals surface area contributed by atoms with Gasteiger partial charge in [0, 0.05) is 18.3 Å². The Kier molecular flexibility index (Phi) is 5.90. The second-order valence-corrected chi connectivity index (χ2v) is 5.70. The molecule has 0 atom stereocenters. The lowest BCUT2D eigenvalue weighted by molar-refractivity contribution is -0.140. The Balaban J connectivity index is 2.84. The van der Waals surface area contributed by atoms with E-state index >= 15 is 0 Å². The molecule has 1 amide bonds. The first-order chi connectivity index (χ1) is 9.73. The third-order valence-corrected chi connectivity index (χ3v) is 2.52. The van der Waals surface area contributed by atoms with Crippen molar-refractivity contribution in [3.8, 4) is 0 Å². The molecule has 0 bridgehead atoms. The normalized spacial score (nSPS) is 10.9. The number of amides is 1. The quantitative estimate of drug-likeness (QED) is 0.634. The van der Waals surface area contributed by atoms with Crippen molar-refractivity contribution in [2.24, 2.45) is 0 Å². The second kappa shape index (κ2) is 7.21. The number of carbonyl (C=O) groups excluding carboxylic acids is 2. The Labute approximate surface area is 128 Å². The Hall–Kier alpha value is -1.89. The maximum absolute atomic E-state index is 12.2. The molecule has 1 aromatic heterocycles. The van der Waals surface area contributed by atoms with Gasteiger partial charge < -0.3 is 15.4 Å². The van der Waals surface area contributed by atoms with Crippen LogP contribution in [0.3, 0.4) is 0 Å². The summed E-state index contributed by atoms with van der Waals surface area (Å²) in [6, 6.07) is 0. The van der Waals surface area contributed by atoms with Crippen LogP contribution in [0.4, 0.5) is 5.82 Å². The van der Waals surface area contributed by atoms with Gasteiger partial charge in [-0.15, -0.1) is 0 Å². The summed E-state index contributed by atoms with van der Waals surface area (Å²) in [6.07, 6.45) is 1.50. The molecule has 1 heterocycles. The smallest absolute Gasteiger partial charge is 0.307 e. The van der Waals surface area contributed by atoms with Crippen LogP contribution in [0.5, 0.6) is 0 Å². The van der Waals surface area contributed by atoms with E-state index in [0.717, 1.165) is 0 Å². The van der Waals surface area contributed by atoms with Gasteiger partial charge in [-0.25, -0.2) is 4.98 Å². The van der Waals surface area contributed by atoms with Crippen LogP contribution >= 0.6 is 11.6 Å². The highest BCUT2D eigenvalue weighted by atomic mass is 35.5. The topological polar surface area (TPSA) is 93.2 Å². The van der Waals surface area contributed by atoms with Crippen molar-refractivity contribution >= 4 is 29.3 Å². The highest BCUT2D eigenvalue weighted by Gasteiger charge is 2.19. The minimum atomic E-state index is -0.389. The predicted octanol–water partition coefficient (Wildman–Crippen LogP) is 1.63. The average Bonchev–Trinajstić information content (AvgIpc) is 2.36. The molecule has 116 valence electrons. The number of ether oxygens (including phenoxy) is 1. The largest absolute Gasteiger partial charge is 0.469 e. The van der Waals surface area contributed by atoms with Crippen LogP contribution in [0, 0.1) is 0 Å². The monoisotopic (exact) mass is 314 g/mol. The van der Waals surface area contributed by atoms with Crippen LogP contribution in [0.25, 0.3) is 0 Å². The number of carbonyl (C=O) groups is 2. The molecule has 1 rings (SSSR count). The lowest BCUT2D eigenvalue weighted by Crippen LogP contribution is -2.41. The molecule has 21 heavy (non-hydrogen) atoms. The predicted molar refractivity (Wildman–Crippen MR) is 79.4 cm³/mol. The molecule has 0 unspecified atom stereocenters. The third kappa shape index (κ3) is 5.95. The maximum atomic E-state index is 12.2. The van der Waals surface area contributed by atoms with Gasteiger partial charge in [0.25, 0.3) is 5.91 Å². The molecule has 0 aliphatic rings. The van der Waals surface area contributed by atoms with Crippen LogP contribution < -0.4 is 10.6 Å². The van der Waals surface area contributed by atoms with E-state index in [1.54, 1.807) is 0 Å². The summed E-state index contributed by atoms with van der Waals surface area (Å²) in [6.45, 7) is 5.87. The number of methoxy groups -OCH3 is 1. The van der Waals surface area contributed by atoms with Gasteiger partial charge in [0.05, 0.1) is 13.5 Å². The Bertz CT molecular complexity index is 529. The molecule has 0 radical (unpaired) electrons. The van der Waals surface area contributed by atoms with Crippen molar-refractivity contribution in [2.45, 2.75) is 32.7 Å². The number of hydrogen-bond acceptors (Lipinski definition) is 6. The summed E-state index contributed by atoms with van der Waals surface area (Å²) in [5.41, 5.74) is -0.126. The fraction of sp³-hybridized carbons (Fsp3) is 0.538. The standard InChI is InChI=1S/C13H19ClN4O3/c1-13(2,3)18-11(20)8-7-16-12(14)17-10(8)15-6-5-9(19)21-4/h7H,5-6H2,1-4H3,(H,18,20)(H,15,16,17). The number of nitrogens with zero attached hydrogens (tertiary/aromatic N) is 2. The van der Waals surface area contributed by atoms with E-state index in [9.17, 15) is 9.59 Å². The van der Waals surface area contributed by atoms with Gasteiger partial charge in [0.15, 0.2) is 0 Å². The van der Waals surface area contributed by atoms with E-state index in [-0.39, 0.29) is 47.0 Å². The molecule has 0 aliphatic heterocycles. The van der Waals surface area contributed by atoms with E-state index in [4.69, 9.17) is 11.6 Å². The van der Waals surface area contributed by atoms with Crippen molar-refractivity contribution in [1.29, 1.82) is 0 Å². The zero-order valence-corrected chi connectivity index (χ0v) is 13.2. The molecule has 8 heteroatoms. The molecule has 1 aromatic rings. The minimum Gasteiger partial charge on any atom is -0.469 e. The number of halogens is 1. The van der Waals surface area contributed by atoms with E-state index in [1.165, 1.54) is 13.3 Å². The first kappa shape index (κ1) is 17.2. The van der Waals surface area contributed by atoms with Crippen LogP contribution in [-0.4, -0.2) is 41.0 Å². The highest BCUT2D eigenvalue weighted by molar-refractivity contribution is 6.28. The van der Waals surface area contributed by atoms with Crippen LogP contribution in [0.15, 0.2) is 6.20 Å². The molecule has 0 aliphatic carbocycles. The van der Waals surface area contributed by atoms with Crippen molar-refractivity contribution < 1.29 is 14.3 Å². The average molecular weight is 315 g/mol. The van der Waals surface area contributed by atoms with Gasteiger partial charge in [-0.3, -0.25) is 9.59 Å². The summed E-state index contributed by atoms with van der Waals surface area (Å²) in [7, 11) is 1.31. The minimum absolute atomic E-state index is 0.0166. The van der Waals surface area contributed by atoms with Crippen molar-refractivity contribution in [1.82, 2.24) is 15.3 Å². The molecular formula is C13H19ClN4O3. The summed E-state index contributed by atoms with van der Waals surface area (Å²) < 4.78 is 4.54. The molecule has 0 spiro atoms. The summed E-state index contributed by atoms with van der Waals surface area (Å²) in [5.74, 6) is -0.399. The van der Waals surface area contributed by atoms with E-state index in [0.29, 0.717) is 0 Å². The summed E-state index contributed by atoms with van der Waals surface area (Å²) in [5, 5.41) is 5.72. The fourth-order valence-corrected chi connectivity index (χ4v) is 1.59. The summed E-state index contributed by atoms with van der Waals surface area (Å²) >= 11 is 5.74. The Morgan fingerprint density at radius 3 is 2.62 bits per heavy atom. The van der Waals surface area contributed by atoms with E-state index in [1.807, 2.05) is 20.8 Å². The van der Waals surface area contributed by atoms with Crippen molar-refractivity contribution in [3.63, 3.8) is 0 Å². The van der Waals surface area contributed by atoms with Gasteiger partial charge in [0.2, 0.25) is 5.28 Å². The van der Waals surface area contributed by atoms with Crippen molar-refractivity contribution in [3.05, 3.63) is 17.0 Å². The molecular weight excluding hydrogens is 296 g/mol. The van der Waals surface area contributed by atoms with Gasteiger partial charge in [0.1, 0.15) is 11.4 Å². The molecule has 7 nitrogen and oxygen atoms in total. The number of aromatic nitrogens is 2. The molecule has 0 fully saturated rings. The zero-order valence-electron chi connectivity index (χ0n) is 12.5.